The molecular weight excluding hydrogens is 214 g/mol. The summed E-state index contributed by atoms with van der Waals surface area (Å²) in [7, 11) is 0. The molecule has 1 saturated heterocycles. The Hall–Kier alpha value is -1.89. The summed E-state index contributed by atoms with van der Waals surface area (Å²) >= 11 is 0. The number of aryl methyl sites for hydroxylation is 1. The third-order valence-electron chi connectivity index (χ3n) is 2.98. The average Bonchev–Trinajstić information content (AvgIpc) is 2.91. The predicted octanol–water partition coefficient (Wildman–Crippen LogP) is 1.75. The summed E-state index contributed by atoms with van der Waals surface area (Å²) in [5, 5.41) is 8.93. The summed E-state index contributed by atoms with van der Waals surface area (Å²) in [6, 6.07) is 5.40. The lowest BCUT2D eigenvalue weighted by Gasteiger charge is -2.15. The SMILES string of the molecule is CCc1cc(C#N)cc(C(=O)N2CCCC2)n1. The van der Waals surface area contributed by atoms with Crippen LogP contribution >= 0.6 is 0 Å². The molecule has 1 fully saturated rings. The Balaban J connectivity index is 2.30. The van der Waals surface area contributed by atoms with E-state index in [4.69, 9.17) is 5.26 Å². The minimum atomic E-state index is -0.0469. The van der Waals surface area contributed by atoms with Gasteiger partial charge in [-0.25, -0.2) is 4.98 Å². The highest BCUT2D eigenvalue weighted by Gasteiger charge is 2.21. The van der Waals surface area contributed by atoms with Crippen LogP contribution in [-0.2, 0) is 6.42 Å². The molecule has 2 rings (SSSR count). The van der Waals surface area contributed by atoms with Gasteiger partial charge in [0, 0.05) is 18.8 Å². The molecule has 0 N–H and O–H groups in total. The molecule has 0 atom stereocenters. The number of hydrogen-bond donors (Lipinski definition) is 0. The Morgan fingerprint density at radius 3 is 2.76 bits per heavy atom. The van der Waals surface area contributed by atoms with Crippen molar-refractivity contribution in [3.05, 3.63) is 29.1 Å². The normalized spacial score (nSPS) is 14.7. The number of carbonyl (C=O) groups excluding carboxylic acids is 1. The van der Waals surface area contributed by atoms with Crippen LogP contribution < -0.4 is 0 Å². The molecule has 1 aromatic rings. The van der Waals surface area contributed by atoms with Gasteiger partial charge in [0.15, 0.2) is 0 Å². The molecule has 0 spiro atoms. The van der Waals surface area contributed by atoms with Crippen LogP contribution in [0.1, 0.15) is 41.5 Å². The first-order valence-corrected chi connectivity index (χ1v) is 5.95. The molecule has 88 valence electrons. The van der Waals surface area contributed by atoms with Crippen LogP contribution in [0.3, 0.4) is 0 Å². The zero-order valence-electron chi connectivity index (χ0n) is 9.94. The fraction of sp³-hybridized carbons (Fsp3) is 0.462. The van der Waals surface area contributed by atoms with Crippen molar-refractivity contribution in [2.24, 2.45) is 0 Å². The number of rotatable bonds is 2. The van der Waals surface area contributed by atoms with Gasteiger partial charge in [-0.15, -0.1) is 0 Å². The number of pyridine rings is 1. The Kier molecular flexibility index (Phi) is 3.38. The molecule has 1 aliphatic rings. The van der Waals surface area contributed by atoms with Gasteiger partial charge >= 0.3 is 0 Å². The third-order valence-corrected chi connectivity index (χ3v) is 2.98. The molecule has 2 heterocycles. The zero-order chi connectivity index (χ0) is 12.3. The Morgan fingerprint density at radius 2 is 2.18 bits per heavy atom. The van der Waals surface area contributed by atoms with Gasteiger partial charge in [-0.2, -0.15) is 5.26 Å². The topological polar surface area (TPSA) is 57.0 Å². The summed E-state index contributed by atoms with van der Waals surface area (Å²) in [5.74, 6) is -0.0469. The van der Waals surface area contributed by atoms with Gasteiger partial charge in [-0.05, 0) is 31.4 Å². The molecule has 1 aromatic heterocycles. The van der Waals surface area contributed by atoms with Gasteiger partial charge in [-0.1, -0.05) is 6.92 Å². The van der Waals surface area contributed by atoms with Crippen LogP contribution in [0.2, 0.25) is 0 Å². The maximum Gasteiger partial charge on any atom is 0.272 e. The molecule has 0 radical (unpaired) electrons. The summed E-state index contributed by atoms with van der Waals surface area (Å²) in [6.45, 7) is 3.57. The first-order chi connectivity index (χ1) is 8.24. The number of nitrogens with zero attached hydrogens (tertiary/aromatic N) is 3. The highest BCUT2D eigenvalue weighted by molar-refractivity contribution is 5.92. The lowest BCUT2D eigenvalue weighted by Crippen LogP contribution is -2.28. The van der Waals surface area contributed by atoms with E-state index < -0.39 is 0 Å². The number of nitriles is 1. The van der Waals surface area contributed by atoms with Gasteiger partial charge in [-0.3, -0.25) is 4.79 Å². The molecule has 0 saturated carbocycles. The number of carbonyl (C=O) groups is 1. The lowest BCUT2D eigenvalue weighted by molar-refractivity contribution is 0.0786. The second-order valence-electron chi connectivity index (χ2n) is 4.20. The van der Waals surface area contributed by atoms with Crippen LogP contribution in [0.15, 0.2) is 12.1 Å². The minimum absolute atomic E-state index is 0.0469. The summed E-state index contributed by atoms with van der Waals surface area (Å²) < 4.78 is 0. The molecule has 1 amide bonds. The van der Waals surface area contributed by atoms with Crippen molar-refractivity contribution in [2.45, 2.75) is 26.2 Å². The molecule has 4 nitrogen and oxygen atoms in total. The Labute approximate surface area is 101 Å². The second kappa shape index (κ2) is 4.96. The van der Waals surface area contributed by atoms with Crippen molar-refractivity contribution in [3.63, 3.8) is 0 Å². The fourth-order valence-corrected chi connectivity index (χ4v) is 2.03. The Morgan fingerprint density at radius 1 is 1.47 bits per heavy atom. The molecule has 0 unspecified atom stereocenters. The first kappa shape index (κ1) is 11.6. The van der Waals surface area contributed by atoms with Crippen LogP contribution in [0.5, 0.6) is 0 Å². The van der Waals surface area contributed by atoms with E-state index in [-0.39, 0.29) is 5.91 Å². The van der Waals surface area contributed by atoms with Crippen LogP contribution in [0, 0.1) is 11.3 Å². The lowest BCUT2D eigenvalue weighted by atomic mass is 10.1. The molecular formula is C13H15N3O. The maximum absolute atomic E-state index is 12.1. The van der Waals surface area contributed by atoms with E-state index >= 15 is 0 Å². The van der Waals surface area contributed by atoms with E-state index in [1.54, 1.807) is 12.1 Å². The fourth-order valence-electron chi connectivity index (χ4n) is 2.03. The Bertz CT molecular complexity index is 470. The van der Waals surface area contributed by atoms with Crippen LogP contribution in [-0.4, -0.2) is 28.9 Å². The first-order valence-electron chi connectivity index (χ1n) is 5.95. The number of aromatic nitrogens is 1. The van der Waals surface area contributed by atoms with E-state index in [2.05, 4.69) is 11.1 Å². The highest BCUT2D eigenvalue weighted by Crippen LogP contribution is 2.13. The summed E-state index contributed by atoms with van der Waals surface area (Å²) in [4.78, 5) is 18.2. The van der Waals surface area contributed by atoms with Gasteiger partial charge in [0.1, 0.15) is 5.69 Å². The van der Waals surface area contributed by atoms with Gasteiger partial charge in [0.2, 0.25) is 0 Å². The quantitative estimate of drug-likeness (QED) is 0.776. The molecule has 0 aromatic carbocycles. The molecule has 0 bridgehead atoms. The van der Waals surface area contributed by atoms with Gasteiger partial charge < -0.3 is 4.90 Å². The summed E-state index contributed by atoms with van der Waals surface area (Å²) in [6.07, 6.45) is 2.85. The largest absolute Gasteiger partial charge is 0.337 e. The smallest absolute Gasteiger partial charge is 0.272 e. The van der Waals surface area contributed by atoms with Crippen molar-refractivity contribution < 1.29 is 4.79 Å². The molecule has 0 aliphatic carbocycles. The highest BCUT2D eigenvalue weighted by atomic mass is 16.2. The van der Waals surface area contributed by atoms with Gasteiger partial charge in [0.25, 0.3) is 5.91 Å². The van der Waals surface area contributed by atoms with E-state index in [0.717, 1.165) is 38.0 Å². The van der Waals surface area contributed by atoms with Crippen LogP contribution in [0.4, 0.5) is 0 Å². The summed E-state index contributed by atoms with van der Waals surface area (Å²) in [5.41, 5.74) is 1.72. The van der Waals surface area contributed by atoms with E-state index in [1.807, 2.05) is 11.8 Å². The molecule has 1 aliphatic heterocycles. The predicted molar refractivity (Wildman–Crippen MR) is 63.5 cm³/mol. The number of amides is 1. The monoisotopic (exact) mass is 229 g/mol. The molecule has 17 heavy (non-hydrogen) atoms. The molecule has 4 heteroatoms. The third kappa shape index (κ3) is 2.44. The van der Waals surface area contributed by atoms with Crippen molar-refractivity contribution in [1.29, 1.82) is 5.26 Å². The van der Waals surface area contributed by atoms with Gasteiger partial charge in [0.05, 0.1) is 11.6 Å². The van der Waals surface area contributed by atoms with E-state index in [1.165, 1.54) is 0 Å². The van der Waals surface area contributed by atoms with Crippen molar-refractivity contribution >= 4 is 5.91 Å². The maximum atomic E-state index is 12.1. The number of likely N-dealkylation sites (tertiary alicyclic amines) is 1. The van der Waals surface area contributed by atoms with Crippen molar-refractivity contribution in [1.82, 2.24) is 9.88 Å². The van der Waals surface area contributed by atoms with E-state index in [9.17, 15) is 4.79 Å². The van der Waals surface area contributed by atoms with Crippen molar-refractivity contribution in [3.8, 4) is 6.07 Å². The standard InChI is InChI=1S/C13H15N3O/c1-2-11-7-10(9-14)8-12(15-11)13(17)16-5-3-4-6-16/h7-8H,2-6H2,1H3. The van der Waals surface area contributed by atoms with E-state index in [0.29, 0.717) is 11.3 Å². The minimum Gasteiger partial charge on any atom is -0.337 e. The van der Waals surface area contributed by atoms with Crippen LogP contribution in [0.25, 0.3) is 0 Å². The second-order valence-corrected chi connectivity index (χ2v) is 4.20. The average molecular weight is 229 g/mol. The number of hydrogen-bond acceptors (Lipinski definition) is 3. The van der Waals surface area contributed by atoms with Crippen molar-refractivity contribution in [2.75, 3.05) is 13.1 Å². The zero-order valence-corrected chi connectivity index (χ0v) is 9.94.